The summed E-state index contributed by atoms with van der Waals surface area (Å²) in [7, 11) is 0. The molecule has 2 aromatic rings. The number of rotatable bonds is 9. The molecular weight excluding hydrogens is 421 g/mol. The van der Waals surface area contributed by atoms with Gasteiger partial charge in [-0.2, -0.15) is 0 Å². The fourth-order valence-electron chi connectivity index (χ4n) is 4.41. The second-order valence-corrected chi connectivity index (χ2v) is 9.10. The molecule has 33 heavy (non-hydrogen) atoms. The van der Waals surface area contributed by atoms with E-state index >= 15 is 0 Å². The lowest BCUT2D eigenvalue weighted by Gasteiger charge is -2.30. The Morgan fingerprint density at radius 2 is 1.67 bits per heavy atom. The van der Waals surface area contributed by atoms with Gasteiger partial charge in [-0.05, 0) is 93.2 Å². The van der Waals surface area contributed by atoms with Gasteiger partial charge in [0.25, 0.3) is 0 Å². The zero-order valence-corrected chi connectivity index (χ0v) is 19.3. The molecule has 0 bridgehead atoms. The number of hydrogen-bond donors (Lipinski definition) is 1. The van der Waals surface area contributed by atoms with Crippen LogP contribution in [0.15, 0.2) is 48.5 Å². The summed E-state index contributed by atoms with van der Waals surface area (Å²) in [5, 5.41) is 3.01. The fraction of sp³-hybridized carbons (Fsp3) is 0.500. The van der Waals surface area contributed by atoms with Crippen molar-refractivity contribution in [2.24, 2.45) is 5.92 Å². The van der Waals surface area contributed by atoms with Crippen molar-refractivity contribution in [3.05, 3.63) is 54.3 Å². The van der Waals surface area contributed by atoms with Crippen LogP contribution in [0.2, 0.25) is 0 Å². The number of benzene rings is 2. The standard InChI is InChI=1S/C26H34FN3O3/c1-20-12-15-29(16-13-20)17-18-32-19-30-14-2-3-25(30)26(31)28-22-6-10-24(11-7-22)33-23-8-4-21(27)5-9-23/h4-11,20,25H,2-3,12-19H2,1H3,(H,28,31)/t25-/m0/s1. The van der Waals surface area contributed by atoms with E-state index in [0.717, 1.165) is 50.6 Å². The predicted octanol–water partition coefficient (Wildman–Crippen LogP) is 4.73. The third-order valence-electron chi connectivity index (χ3n) is 6.52. The fourth-order valence-corrected chi connectivity index (χ4v) is 4.41. The highest BCUT2D eigenvalue weighted by atomic mass is 19.1. The number of hydrogen-bond acceptors (Lipinski definition) is 5. The number of ether oxygens (including phenoxy) is 2. The van der Waals surface area contributed by atoms with Crippen LogP contribution < -0.4 is 10.1 Å². The molecule has 2 fully saturated rings. The van der Waals surface area contributed by atoms with Crippen molar-refractivity contribution in [1.29, 1.82) is 0 Å². The molecule has 0 spiro atoms. The minimum atomic E-state index is -0.302. The molecule has 2 aliphatic rings. The molecule has 2 saturated heterocycles. The Morgan fingerprint density at radius 1 is 1.00 bits per heavy atom. The summed E-state index contributed by atoms with van der Waals surface area (Å²) in [6, 6.07) is 12.9. The van der Waals surface area contributed by atoms with Gasteiger partial charge in [0.15, 0.2) is 0 Å². The number of carbonyl (C=O) groups excluding carboxylic acids is 1. The zero-order valence-electron chi connectivity index (χ0n) is 19.3. The van der Waals surface area contributed by atoms with Crippen LogP contribution in [0.25, 0.3) is 0 Å². The number of halogens is 1. The molecule has 0 aliphatic carbocycles. The Bertz CT molecular complexity index is 883. The van der Waals surface area contributed by atoms with Gasteiger partial charge >= 0.3 is 0 Å². The number of likely N-dealkylation sites (tertiary alicyclic amines) is 2. The molecule has 0 aromatic heterocycles. The molecule has 0 saturated carbocycles. The van der Waals surface area contributed by atoms with Crippen molar-refractivity contribution < 1.29 is 18.7 Å². The first-order chi connectivity index (χ1) is 16.1. The van der Waals surface area contributed by atoms with E-state index in [-0.39, 0.29) is 17.8 Å². The van der Waals surface area contributed by atoms with Crippen LogP contribution in [0.4, 0.5) is 10.1 Å². The number of carbonyl (C=O) groups is 1. The smallest absolute Gasteiger partial charge is 0.241 e. The second-order valence-electron chi connectivity index (χ2n) is 9.10. The van der Waals surface area contributed by atoms with Crippen molar-refractivity contribution in [2.75, 3.05) is 44.8 Å². The summed E-state index contributed by atoms with van der Waals surface area (Å²) in [4.78, 5) is 17.5. The molecule has 4 rings (SSSR count). The van der Waals surface area contributed by atoms with E-state index in [4.69, 9.17) is 9.47 Å². The largest absolute Gasteiger partial charge is 0.457 e. The third kappa shape index (κ3) is 7.00. The van der Waals surface area contributed by atoms with Gasteiger partial charge < -0.3 is 19.7 Å². The van der Waals surface area contributed by atoms with E-state index in [1.54, 1.807) is 24.3 Å². The van der Waals surface area contributed by atoms with Crippen LogP contribution in [-0.2, 0) is 9.53 Å². The van der Waals surface area contributed by atoms with E-state index in [1.165, 1.54) is 25.0 Å². The highest BCUT2D eigenvalue weighted by Crippen LogP contribution is 2.24. The minimum Gasteiger partial charge on any atom is -0.457 e. The van der Waals surface area contributed by atoms with Gasteiger partial charge in [0, 0.05) is 18.8 Å². The molecular formula is C26H34FN3O3. The van der Waals surface area contributed by atoms with E-state index in [1.807, 2.05) is 12.1 Å². The monoisotopic (exact) mass is 455 g/mol. The minimum absolute atomic E-state index is 0.00618. The van der Waals surface area contributed by atoms with Gasteiger partial charge in [0.2, 0.25) is 5.91 Å². The van der Waals surface area contributed by atoms with Crippen LogP contribution >= 0.6 is 0 Å². The Balaban J connectivity index is 1.20. The van der Waals surface area contributed by atoms with Gasteiger partial charge in [-0.25, -0.2) is 4.39 Å². The normalized spacial score (nSPS) is 20.1. The SMILES string of the molecule is CC1CCN(CCOCN2CCC[C@H]2C(=O)Nc2ccc(Oc3ccc(F)cc3)cc2)CC1. The Morgan fingerprint density at radius 3 is 2.36 bits per heavy atom. The van der Waals surface area contributed by atoms with Crippen LogP contribution in [0, 0.1) is 11.7 Å². The molecule has 0 unspecified atom stereocenters. The van der Waals surface area contributed by atoms with Gasteiger partial charge in [-0.1, -0.05) is 6.92 Å². The summed E-state index contributed by atoms with van der Waals surface area (Å²) in [5.41, 5.74) is 0.721. The molecule has 0 radical (unpaired) electrons. The predicted molar refractivity (Wildman–Crippen MR) is 127 cm³/mol. The second kappa shape index (κ2) is 11.6. The summed E-state index contributed by atoms with van der Waals surface area (Å²) >= 11 is 0. The van der Waals surface area contributed by atoms with E-state index in [2.05, 4.69) is 22.0 Å². The summed E-state index contributed by atoms with van der Waals surface area (Å²) < 4.78 is 24.7. The number of nitrogens with zero attached hydrogens (tertiary/aromatic N) is 2. The molecule has 6 nitrogen and oxygen atoms in total. The van der Waals surface area contributed by atoms with Gasteiger partial charge in [0.05, 0.1) is 19.4 Å². The molecule has 178 valence electrons. The molecule has 1 amide bonds. The average molecular weight is 456 g/mol. The molecule has 2 aliphatic heterocycles. The number of anilines is 1. The summed E-state index contributed by atoms with van der Waals surface area (Å²) in [5.74, 6) is 1.71. The lowest BCUT2D eigenvalue weighted by atomic mass is 9.99. The van der Waals surface area contributed by atoms with Crippen LogP contribution in [0.3, 0.4) is 0 Å². The Kier molecular flexibility index (Phi) is 8.31. The highest BCUT2D eigenvalue weighted by molar-refractivity contribution is 5.95. The Labute approximate surface area is 195 Å². The number of amides is 1. The van der Waals surface area contributed by atoms with Crippen LogP contribution in [0.5, 0.6) is 11.5 Å². The molecule has 7 heteroatoms. The summed E-state index contributed by atoms with van der Waals surface area (Å²) in [6.45, 7) is 7.68. The van der Waals surface area contributed by atoms with Crippen molar-refractivity contribution in [2.45, 2.75) is 38.6 Å². The maximum absolute atomic E-state index is 13.0. The number of piperidine rings is 1. The Hall–Kier alpha value is -2.48. The van der Waals surface area contributed by atoms with Gasteiger partial charge in [0.1, 0.15) is 17.3 Å². The quantitative estimate of drug-likeness (QED) is 0.554. The lowest BCUT2D eigenvalue weighted by molar-refractivity contribution is -0.122. The van der Waals surface area contributed by atoms with Crippen LogP contribution in [-0.4, -0.2) is 61.3 Å². The van der Waals surface area contributed by atoms with Crippen molar-refractivity contribution in [1.82, 2.24) is 9.80 Å². The highest BCUT2D eigenvalue weighted by Gasteiger charge is 2.30. The third-order valence-corrected chi connectivity index (χ3v) is 6.52. The van der Waals surface area contributed by atoms with Gasteiger partial charge in [-0.15, -0.1) is 0 Å². The van der Waals surface area contributed by atoms with Gasteiger partial charge in [-0.3, -0.25) is 9.69 Å². The zero-order chi connectivity index (χ0) is 23.0. The first-order valence-corrected chi connectivity index (χ1v) is 12.0. The topological polar surface area (TPSA) is 54.0 Å². The maximum atomic E-state index is 13.0. The summed E-state index contributed by atoms with van der Waals surface area (Å²) in [6.07, 6.45) is 4.38. The van der Waals surface area contributed by atoms with Crippen molar-refractivity contribution in [3.8, 4) is 11.5 Å². The maximum Gasteiger partial charge on any atom is 0.241 e. The molecule has 2 aromatic carbocycles. The number of nitrogens with one attached hydrogen (secondary N) is 1. The lowest BCUT2D eigenvalue weighted by Crippen LogP contribution is -2.41. The average Bonchev–Trinajstić information content (AvgIpc) is 3.29. The van der Waals surface area contributed by atoms with Crippen molar-refractivity contribution >= 4 is 11.6 Å². The first kappa shape index (κ1) is 23.7. The molecule has 2 heterocycles. The van der Waals surface area contributed by atoms with E-state index in [0.29, 0.717) is 24.8 Å². The van der Waals surface area contributed by atoms with Crippen LogP contribution in [0.1, 0.15) is 32.6 Å². The van der Waals surface area contributed by atoms with Crippen molar-refractivity contribution in [3.63, 3.8) is 0 Å². The first-order valence-electron chi connectivity index (χ1n) is 12.0. The van der Waals surface area contributed by atoms with E-state index < -0.39 is 0 Å². The molecule has 1 atom stereocenters. The molecule has 1 N–H and O–H groups in total. The van der Waals surface area contributed by atoms with E-state index in [9.17, 15) is 9.18 Å².